The van der Waals surface area contributed by atoms with Crippen molar-refractivity contribution in [3.05, 3.63) is 54.1 Å². The molecule has 0 aliphatic rings. The standard InChI is InChI=1S/C12H10F2N2O2S/c13-8-1-4-10(5-2-8)16-19(17,18)12-6-3-9(14)7-11(12)15/h1-7,16H,15H2. The van der Waals surface area contributed by atoms with Crippen LogP contribution in [0.3, 0.4) is 0 Å². The van der Waals surface area contributed by atoms with E-state index in [0.717, 1.165) is 30.3 Å². The first-order valence-corrected chi connectivity index (χ1v) is 6.70. The molecular formula is C12H10F2N2O2S. The van der Waals surface area contributed by atoms with Crippen LogP contribution in [0.5, 0.6) is 0 Å². The van der Waals surface area contributed by atoms with Crippen molar-refractivity contribution in [3.8, 4) is 0 Å². The van der Waals surface area contributed by atoms with Gasteiger partial charge in [-0.05, 0) is 42.5 Å². The predicted octanol–water partition coefficient (Wildman–Crippen LogP) is 2.35. The van der Waals surface area contributed by atoms with Crippen LogP contribution in [0.15, 0.2) is 47.4 Å². The van der Waals surface area contributed by atoms with Crippen molar-refractivity contribution >= 4 is 21.4 Å². The number of nitrogens with one attached hydrogen (secondary N) is 1. The zero-order valence-corrected chi connectivity index (χ0v) is 10.4. The molecule has 2 aromatic carbocycles. The predicted molar refractivity (Wildman–Crippen MR) is 68.0 cm³/mol. The minimum atomic E-state index is -3.94. The first-order chi connectivity index (χ1) is 8.88. The SMILES string of the molecule is Nc1cc(F)ccc1S(=O)(=O)Nc1ccc(F)cc1. The van der Waals surface area contributed by atoms with Gasteiger partial charge in [-0.3, -0.25) is 4.72 Å². The van der Waals surface area contributed by atoms with Gasteiger partial charge in [0.25, 0.3) is 10.0 Å². The average molecular weight is 284 g/mol. The second-order valence-electron chi connectivity index (χ2n) is 3.79. The van der Waals surface area contributed by atoms with Crippen LogP contribution in [0.2, 0.25) is 0 Å². The van der Waals surface area contributed by atoms with Gasteiger partial charge in [0.05, 0.1) is 5.69 Å². The molecule has 3 N–H and O–H groups in total. The molecule has 0 radical (unpaired) electrons. The molecule has 0 heterocycles. The van der Waals surface area contributed by atoms with Crippen LogP contribution >= 0.6 is 0 Å². The minimum absolute atomic E-state index is 0.185. The van der Waals surface area contributed by atoms with E-state index in [-0.39, 0.29) is 16.3 Å². The average Bonchev–Trinajstić information content (AvgIpc) is 2.31. The van der Waals surface area contributed by atoms with Crippen molar-refractivity contribution in [3.63, 3.8) is 0 Å². The number of sulfonamides is 1. The third-order valence-electron chi connectivity index (χ3n) is 2.36. The normalized spacial score (nSPS) is 11.3. The Morgan fingerprint density at radius 1 is 0.947 bits per heavy atom. The summed E-state index contributed by atoms with van der Waals surface area (Å²) in [7, 11) is -3.94. The number of nitrogens with two attached hydrogens (primary N) is 1. The van der Waals surface area contributed by atoms with Gasteiger partial charge in [-0.15, -0.1) is 0 Å². The molecule has 4 nitrogen and oxygen atoms in total. The largest absolute Gasteiger partial charge is 0.398 e. The van der Waals surface area contributed by atoms with Gasteiger partial charge in [-0.25, -0.2) is 17.2 Å². The first-order valence-electron chi connectivity index (χ1n) is 5.22. The maximum Gasteiger partial charge on any atom is 0.263 e. The van der Waals surface area contributed by atoms with Crippen LogP contribution in [0.25, 0.3) is 0 Å². The maximum absolute atomic E-state index is 12.9. The van der Waals surface area contributed by atoms with Crippen LogP contribution < -0.4 is 10.5 Å². The number of hydrogen-bond donors (Lipinski definition) is 2. The van der Waals surface area contributed by atoms with Gasteiger partial charge in [0.2, 0.25) is 0 Å². The van der Waals surface area contributed by atoms with Crippen LogP contribution in [0.4, 0.5) is 20.2 Å². The van der Waals surface area contributed by atoms with E-state index in [2.05, 4.69) is 4.72 Å². The maximum atomic E-state index is 12.9. The number of hydrogen-bond acceptors (Lipinski definition) is 3. The summed E-state index contributed by atoms with van der Waals surface area (Å²) in [6, 6.07) is 7.75. The summed E-state index contributed by atoms with van der Waals surface area (Å²) in [6.07, 6.45) is 0. The molecule has 0 atom stereocenters. The van der Waals surface area contributed by atoms with E-state index in [0.29, 0.717) is 0 Å². The number of rotatable bonds is 3. The Morgan fingerprint density at radius 2 is 1.53 bits per heavy atom. The van der Waals surface area contributed by atoms with Gasteiger partial charge in [0, 0.05) is 5.69 Å². The third-order valence-corrected chi connectivity index (χ3v) is 3.81. The molecule has 7 heteroatoms. The molecule has 0 fully saturated rings. The lowest BCUT2D eigenvalue weighted by Crippen LogP contribution is -2.14. The molecule has 0 saturated carbocycles. The number of anilines is 2. The van der Waals surface area contributed by atoms with Crippen molar-refractivity contribution in [1.29, 1.82) is 0 Å². The summed E-state index contributed by atoms with van der Waals surface area (Å²) in [5, 5.41) is 0. The highest BCUT2D eigenvalue weighted by Gasteiger charge is 2.17. The van der Waals surface area contributed by atoms with Crippen molar-refractivity contribution in [2.24, 2.45) is 0 Å². The van der Waals surface area contributed by atoms with Gasteiger partial charge >= 0.3 is 0 Å². The van der Waals surface area contributed by atoms with E-state index < -0.39 is 21.7 Å². The third kappa shape index (κ3) is 3.00. The zero-order chi connectivity index (χ0) is 14.0. The molecule has 19 heavy (non-hydrogen) atoms. The Bertz CT molecular complexity index is 700. The van der Waals surface area contributed by atoms with E-state index in [1.807, 2.05) is 0 Å². The van der Waals surface area contributed by atoms with E-state index in [4.69, 9.17) is 5.73 Å². The summed E-state index contributed by atoms with van der Waals surface area (Å²) in [5.41, 5.74) is 5.45. The lowest BCUT2D eigenvalue weighted by Gasteiger charge is -2.10. The van der Waals surface area contributed by atoms with Gasteiger partial charge in [-0.2, -0.15) is 0 Å². The first kappa shape index (κ1) is 13.3. The fourth-order valence-corrected chi connectivity index (χ4v) is 2.66. The highest BCUT2D eigenvalue weighted by molar-refractivity contribution is 7.92. The smallest absolute Gasteiger partial charge is 0.263 e. The second-order valence-corrected chi connectivity index (χ2v) is 5.45. The molecule has 2 aromatic rings. The molecule has 100 valence electrons. The molecule has 2 rings (SSSR count). The molecule has 0 unspecified atom stereocenters. The molecular weight excluding hydrogens is 274 g/mol. The fraction of sp³-hybridized carbons (Fsp3) is 0. The highest BCUT2D eigenvalue weighted by atomic mass is 32.2. The Balaban J connectivity index is 2.35. The molecule has 0 amide bonds. The second kappa shape index (κ2) is 4.85. The summed E-state index contributed by atoms with van der Waals surface area (Å²) in [5.74, 6) is -1.11. The number of benzene rings is 2. The lowest BCUT2D eigenvalue weighted by molar-refractivity contribution is 0.600. The minimum Gasteiger partial charge on any atom is -0.398 e. The summed E-state index contributed by atoms with van der Waals surface area (Å²) >= 11 is 0. The van der Waals surface area contributed by atoms with Crippen LogP contribution in [0, 0.1) is 11.6 Å². The van der Waals surface area contributed by atoms with Crippen molar-refractivity contribution in [2.75, 3.05) is 10.5 Å². The van der Waals surface area contributed by atoms with Gasteiger partial charge in [-0.1, -0.05) is 0 Å². The highest BCUT2D eigenvalue weighted by Crippen LogP contribution is 2.22. The topological polar surface area (TPSA) is 72.2 Å². The number of halogens is 2. The van der Waals surface area contributed by atoms with Crippen molar-refractivity contribution in [2.45, 2.75) is 4.90 Å². The molecule has 0 aliphatic heterocycles. The van der Waals surface area contributed by atoms with Crippen LogP contribution in [0.1, 0.15) is 0 Å². The summed E-state index contributed by atoms with van der Waals surface area (Å²) in [4.78, 5) is -0.238. The van der Waals surface area contributed by atoms with Crippen LogP contribution in [-0.4, -0.2) is 8.42 Å². The van der Waals surface area contributed by atoms with E-state index in [9.17, 15) is 17.2 Å². The molecule has 0 saturated heterocycles. The Kier molecular flexibility index (Phi) is 3.39. The van der Waals surface area contributed by atoms with Gasteiger partial charge < -0.3 is 5.73 Å². The summed E-state index contributed by atoms with van der Waals surface area (Å²) in [6.45, 7) is 0. The Morgan fingerprint density at radius 3 is 2.11 bits per heavy atom. The van der Waals surface area contributed by atoms with Crippen molar-refractivity contribution in [1.82, 2.24) is 0 Å². The molecule has 0 aromatic heterocycles. The lowest BCUT2D eigenvalue weighted by atomic mass is 10.3. The quantitative estimate of drug-likeness (QED) is 0.850. The molecule has 0 spiro atoms. The fourth-order valence-electron chi connectivity index (χ4n) is 1.49. The van der Waals surface area contributed by atoms with E-state index in [1.165, 1.54) is 12.1 Å². The Labute approximate surface area is 108 Å². The van der Waals surface area contributed by atoms with E-state index in [1.54, 1.807) is 0 Å². The van der Waals surface area contributed by atoms with Gasteiger partial charge in [0.15, 0.2) is 0 Å². The van der Waals surface area contributed by atoms with Gasteiger partial charge in [0.1, 0.15) is 16.5 Å². The van der Waals surface area contributed by atoms with E-state index >= 15 is 0 Å². The van der Waals surface area contributed by atoms with Crippen LogP contribution in [-0.2, 0) is 10.0 Å². The Hall–Kier alpha value is -2.15. The monoisotopic (exact) mass is 284 g/mol. The molecule has 0 aliphatic carbocycles. The number of nitrogen functional groups attached to an aromatic ring is 1. The van der Waals surface area contributed by atoms with Crippen molar-refractivity contribution < 1.29 is 17.2 Å². The summed E-state index contributed by atoms with van der Waals surface area (Å²) < 4.78 is 51.8. The zero-order valence-electron chi connectivity index (χ0n) is 9.60. The molecule has 0 bridgehead atoms.